The van der Waals surface area contributed by atoms with Crippen LogP contribution in [0.15, 0.2) is 29.3 Å². The van der Waals surface area contributed by atoms with Gasteiger partial charge in [0.2, 0.25) is 0 Å². The number of nitro benzene ring substituents is 1. The molecule has 15 heavy (non-hydrogen) atoms. The Morgan fingerprint density at radius 2 is 2.33 bits per heavy atom. The molecule has 0 aliphatic heterocycles. The van der Waals surface area contributed by atoms with Crippen LogP contribution >= 0.6 is 0 Å². The molecule has 0 spiro atoms. The number of nitrogens with two attached hydrogens (primary N) is 1. The van der Waals surface area contributed by atoms with E-state index in [4.69, 9.17) is 5.73 Å². The summed E-state index contributed by atoms with van der Waals surface area (Å²) in [5.74, 6) is 0.348. The quantitative estimate of drug-likeness (QED) is 0.353. The maximum absolute atomic E-state index is 10.5. The Morgan fingerprint density at radius 3 is 2.93 bits per heavy atom. The molecular formula is C10H13N3O2. The van der Waals surface area contributed by atoms with Gasteiger partial charge in [-0.05, 0) is 6.42 Å². The van der Waals surface area contributed by atoms with Gasteiger partial charge in [-0.2, -0.15) is 0 Å². The van der Waals surface area contributed by atoms with E-state index in [9.17, 15) is 10.1 Å². The second kappa shape index (κ2) is 5.09. The molecule has 2 N–H and O–H groups in total. The highest BCUT2D eigenvalue weighted by atomic mass is 16.6. The lowest BCUT2D eigenvalue weighted by atomic mass is 10.2. The molecule has 0 unspecified atom stereocenters. The number of benzene rings is 1. The second-order valence-electron chi connectivity index (χ2n) is 3.07. The SMILES string of the molecule is CCCN=C(N)c1cccc([N+](=O)[O-])c1. The molecule has 80 valence electrons. The first-order valence-electron chi connectivity index (χ1n) is 4.70. The first-order valence-corrected chi connectivity index (χ1v) is 4.70. The summed E-state index contributed by atoms with van der Waals surface area (Å²) in [5, 5.41) is 10.5. The van der Waals surface area contributed by atoms with Crippen LogP contribution in [0.5, 0.6) is 0 Å². The number of nitro groups is 1. The van der Waals surface area contributed by atoms with E-state index in [0.717, 1.165) is 6.42 Å². The van der Waals surface area contributed by atoms with Crippen LogP contribution < -0.4 is 5.73 Å². The molecule has 0 heterocycles. The Labute approximate surface area is 87.8 Å². The Bertz CT molecular complexity index is 388. The molecule has 1 aromatic carbocycles. The third kappa shape index (κ3) is 3.05. The topological polar surface area (TPSA) is 81.5 Å². The van der Waals surface area contributed by atoms with Crippen LogP contribution in [-0.4, -0.2) is 17.3 Å². The second-order valence-corrected chi connectivity index (χ2v) is 3.07. The van der Waals surface area contributed by atoms with Gasteiger partial charge < -0.3 is 5.73 Å². The van der Waals surface area contributed by atoms with Gasteiger partial charge in [0.25, 0.3) is 5.69 Å². The third-order valence-corrected chi connectivity index (χ3v) is 1.86. The fourth-order valence-electron chi connectivity index (χ4n) is 1.10. The highest BCUT2D eigenvalue weighted by Gasteiger charge is 2.07. The zero-order valence-electron chi connectivity index (χ0n) is 8.51. The standard InChI is InChI=1S/C10H13N3O2/c1-2-6-12-10(11)8-4-3-5-9(7-8)13(14)15/h3-5,7H,2,6H2,1H3,(H2,11,12). The van der Waals surface area contributed by atoms with E-state index in [2.05, 4.69) is 4.99 Å². The van der Waals surface area contributed by atoms with Gasteiger partial charge in [0.05, 0.1) is 4.92 Å². The predicted molar refractivity (Wildman–Crippen MR) is 59.0 cm³/mol. The summed E-state index contributed by atoms with van der Waals surface area (Å²) in [4.78, 5) is 14.2. The number of rotatable bonds is 4. The van der Waals surface area contributed by atoms with Gasteiger partial charge >= 0.3 is 0 Å². The van der Waals surface area contributed by atoms with Gasteiger partial charge in [0.15, 0.2) is 0 Å². The monoisotopic (exact) mass is 207 g/mol. The average Bonchev–Trinajstić information content (AvgIpc) is 2.26. The number of non-ortho nitro benzene ring substituents is 1. The fourth-order valence-corrected chi connectivity index (χ4v) is 1.10. The van der Waals surface area contributed by atoms with Crippen molar-refractivity contribution in [3.8, 4) is 0 Å². The van der Waals surface area contributed by atoms with Crippen LogP contribution in [0.2, 0.25) is 0 Å². The summed E-state index contributed by atoms with van der Waals surface area (Å²) < 4.78 is 0. The van der Waals surface area contributed by atoms with E-state index in [0.29, 0.717) is 17.9 Å². The molecule has 0 saturated heterocycles. The summed E-state index contributed by atoms with van der Waals surface area (Å²) in [6.45, 7) is 2.62. The van der Waals surface area contributed by atoms with Gasteiger partial charge in [0, 0.05) is 24.2 Å². The molecule has 1 rings (SSSR count). The van der Waals surface area contributed by atoms with Gasteiger partial charge in [-0.3, -0.25) is 15.1 Å². The minimum Gasteiger partial charge on any atom is -0.384 e. The third-order valence-electron chi connectivity index (χ3n) is 1.86. The van der Waals surface area contributed by atoms with E-state index in [-0.39, 0.29) is 5.69 Å². The van der Waals surface area contributed by atoms with E-state index < -0.39 is 4.92 Å². The van der Waals surface area contributed by atoms with Crippen molar-refractivity contribution in [2.45, 2.75) is 13.3 Å². The number of nitrogens with zero attached hydrogens (tertiary/aromatic N) is 2. The maximum Gasteiger partial charge on any atom is 0.270 e. The zero-order valence-corrected chi connectivity index (χ0v) is 8.51. The van der Waals surface area contributed by atoms with Crippen LogP contribution in [0.1, 0.15) is 18.9 Å². The first-order chi connectivity index (χ1) is 7.15. The lowest BCUT2D eigenvalue weighted by Gasteiger charge is -2.00. The van der Waals surface area contributed by atoms with E-state index in [1.165, 1.54) is 12.1 Å². The van der Waals surface area contributed by atoms with Crippen molar-refractivity contribution in [2.75, 3.05) is 6.54 Å². The molecule has 0 saturated carbocycles. The number of hydrogen-bond acceptors (Lipinski definition) is 3. The highest BCUT2D eigenvalue weighted by molar-refractivity contribution is 5.97. The molecule has 0 bridgehead atoms. The minimum absolute atomic E-state index is 0.0298. The van der Waals surface area contributed by atoms with Crippen LogP contribution in [0.25, 0.3) is 0 Å². The van der Waals surface area contributed by atoms with Gasteiger partial charge in [-0.15, -0.1) is 0 Å². The number of aliphatic imine (C=N–C) groups is 1. The van der Waals surface area contributed by atoms with Crippen molar-refractivity contribution in [3.63, 3.8) is 0 Å². The van der Waals surface area contributed by atoms with Crippen LogP contribution in [-0.2, 0) is 0 Å². The molecule has 0 radical (unpaired) electrons. The van der Waals surface area contributed by atoms with Crippen molar-refractivity contribution >= 4 is 11.5 Å². The molecule has 0 aliphatic carbocycles. The molecule has 0 fully saturated rings. The molecule has 0 amide bonds. The maximum atomic E-state index is 10.5. The zero-order chi connectivity index (χ0) is 11.3. The average molecular weight is 207 g/mol. The summed E-state index contributed by atoms with van der Waals surface area (Å²) in [6.07, 6.45) is 0.898. The van der Waals surface area contributed by atoms with E-state index >= 15 is 0 Å². The van der Waals surface area contributed by atoms with Crippen molar-refractivity contribution in [1.82, 2.24) is 0 Å². The molecule has 5 nitrogen and oxygen atoms in total. The summed E-state index contributed by atoms with van der Waals surface area (Å²) in [5.41, 5.74) is 6.30. The summed E-state index contributed by atoms with van der Waals surface area (Å²) in [7, 11) is 0. The van der Waals surface area contributed by atoms with Crippen LogP contribution in [0.3, 0.4) is 0 Å². The Balaban J connectivity index is 2.95. The fraction of sp³-hybridized carbons (Fsp3) is 0.300. The van der Waals surface area contributed by atoms with Crippen molar-refractivity contribution in [1.29, 1.82) is 0 Å². The molecular weight excluding hydrogens is 194 g/mol. The van der Waals surface area contributed by atoms with Gasteiger partial charge in [-0.25, -0.2) is 0 Å². The Hall–Kier alpha value is -1.91. The molecule has 0 aliphatic rings. The lowest BCUT2D eigenvalue weighted by molar-refractivity contribution is -0.384. The molecule has 1 aromatic rings. The van der Waals surface area contributed by atoms with Gasteiger partial charge in [0.1, 0.15) is 5.84 Å². The smallest absolute Gasteiger partial charge is 0.270 e. The van der Waals surface area contributed by atoms with Crippen molar-refractivity contribution < 1.29 is 4.92 Å². The lowest BCUT2D eigenvalue weighted by Crippen LogP contribution is -2.14. The van der Waals surface area contributed by atoms with Crippen molar-refractivity contribution in [2.24, 2.45) is 10.7 Å². The highest BCUT2D eigenvalue weighted by Crippen LogP contribution is 2.12. The number of amidine groups is 1. The number of hydrogen-bond donors (Lipinski definition) is 1. The molecule has 5 heteroatoms. The van der Waals surface area contributed by atoms with Gasteiger partial charge in [-0.1, -0.05) is 19.1 Å². The molecule has 0 aromatic heterocycles. The first kappa shape index (κ1) is 11.2. The predicted octanol–water partition coefficient (Wildman–Crippen LogP) is 1.71. The summed E-state index contributed by atoms with van der Waals surface area (Å²) >= 11 is 0. The van der Waals surface area contributed by atoms with Crippen molar-refractivity contribution in [3.05, 3.63) is 39.9 Å². The Kier molecular flexibility index (Phi) is 3.79. The van der Waals surface area contributed by atoms with E-state index in [1.54, 1.807) is 12.1 Å². The summed E-state index contributed by atoms with van der Waals surface area (Å²) in [6, 6.07) is 6.16. The molecule has 0 atom stereocenters. The van der Waals surface area contributed by atoms with Crippen LogP contribution in [0.4, 0.5) is 5.69 Å². The largest absolute Gasteiger partial charge is 0.384 e. The van der Waals surface area contributed by atoms with Crippen LogP contribution in [0, 0.1) is 10.1 Å². The normalized spacial score (nSPS) is 11.4. The van der Waals surface area contributed by atoms with E-state index in [1.807, 2.05) is 6.92 Å². The minimum atomic E-state index is -0.448. The Morgan fingerprint density at radius 1 is 1.60 bits per heavy atom.